The lowest BCUT2D eigenvalue weighted by molar-refractivity contribution is -0.139. The third-order valence-electron chi connectivity index (χ3n) is 2.54. The van der Waals surface area contributed by atoms with Gasteiger partial charge in [0.25, 0.3) is 0 Å². The first-order chi connectivity index (χ1) is 7.74. The number of hydrogen-bond donors (Lipinski definition) is 2. The van der Waals surface area contributed by atoms with Crippen molar-refractivity contribution < 1.29 is 14.3 Å². The fourth-order valence-electron chi connectivity index (χ4n) is 1.55. The van der Waals surface area contributed by atoms with Crippen LogP contribution in [0.4, 0.5) is 0 Å². The zero-order valence-corrected chi connectivity index (χ0v) is 9.75. The highest BCUT2D eigenvalue weighted by Gasteiger charge is 2.18. The molecule has 92 valence electrons. The summed E-state index contributed by atoms with van der Waals surface area (Å²) in [5, 5.41) is 5.14. The maximum absolute atomic E-state index is 11.3. The zero-order valence-electron chi connectivity index (χ0n) is 9.75. The van der Waals surface area contributed by atoms with Crippen LogP contribution < -0.4 is 10.6 Å². The van der Waals surface area contributed by atoms with Crippen molar-refractivity contribution in [3.63, 3.8) is 0 Å². The largest absolute Gasteiger partial charge is 0.376 e. The molecule has 5 heteroatoms. The number of amides is 2. The van der Waals surface area contributed by atoms with Gasteiger partial charge >= 0.3 is 11.8 Å². The van der Waals surface area contributed by atoms with Crippen LogP contribution in [-0.2, 0) is 14.3 Å². The number of ether oxygens (including phenoxy) is 1. The molecular formula is C11H20N2O3. The normalized spacial score (nSPS) is 19.4. The average molecular weight is 228 g/mol. The molecule has 0 aliphatic carbocycles. The predicted octanol–water partition coefficient (Wildman–Crippen LogP) is 0.198. The molecule has 1 aliphatic heterocycles. The van der Waals surface area contributed by atoms with Crippen molar-refractivity contribution in [2.75, 3.05) is 19.7 Å². The summed E-state index contributed by atoms with van der Waals surface area (Å²) < 4.78 is 5.34. The Bertz CT molecular complexity index is 237. The van der Waals surface area contributed by atoms with Gasteiger partial charge in [-0.25, -0.2) is 0 Å². The molecule has 0 aromatic rings. The summed E-state index contributed by atoms with van der Waals surface area (Å²) in [6, 6.07) is 0. The first-order valence-electron chi connectivity index (χ1n) is 5.91. The van der Waals surface area contributed by atoms with Crippen molar-refractivity contribution in [1.29, 1.82) is 0 Å². The van der Waals surface area contributed by atoms with Crippen LogP contribution in [0.15, 0.2) is 0 Å². The van der Waals surface area contributed by atoms with Gasteiger partial charge < -0.3 is 15.4 Å². The molecule has 1 fully saturated rings. The molecule has 2 amide bonds. The topological polar surface area (TPSA) is 67.4 Å². The van der Waals surface area contributed by atoms with Gasteiger partial charge in [0.05, 0.1) is 6.10 Å². The third kappa shape index (κ3) is 4.61. The van der Waals surface area contributed by atoms with E-state index in [1.54, 1.807) is 0 Å². The van der Waals surface area contributed by atoms with Crippen molar-refractivity contribution >= 4 is 11.8 Å². The van der Waals surface area contributed by atoms with Gasteiger partial charge in [-0.1, -0.05) is 13.3 Å². The smallest absolute Gasteiger partial charge is 0.309 e. The molecule has 1 rings (SSSR count). The number of hydrogen-bond acceptors (Lipinski definition) is 3. The van der Waals surface area contributed by atoms with E-state index in [-0.39, 0.29) is 6.10 Å². The second-order valence-corrected chi connectivity index (χ2v) is 3.95. The fraction of sp³-hybridized carbons (Fsp3) is 0.818. The van der Waals surface area contributed by atoms with E-state index in [0.29, 0.717) is 13.1 Å². The first kappa shape index (κ1) is 13.0. The van der Waals surface area contributed by atoms with Crippen LogP contribution in [0.25, 0.3) is 0 Å². The van der Waals surface area contributed by atoms with Crippen LogP contribution >= 0.6 is 0 Å². The first-order valence-corrected chi connectivity index (χ1v) is 5.91. The SMILES string of the molecule is CCCCNC(=O)C(=O)NCC1CCCO1. The quantitative estimate of drug-likeness (QED) is 0.521. The van der Waals surface area contributed by atoms with Crippen LogP contribution in [0.5, 0.6) is 0 Å². The van der Waals surface area contributed by atoms with Gasteiger partial charge in [0.2, 0.25) is 0 Å². The Morgan fingerprint density at radius 2 is 2.06 bits per heavy atom. The van der Waals surface area contributed by atoms with Gasteiger partial charge in [-0.15, -0.1) is 0 Å². The van der Waals surface area contributed by atoms with Gasteiger partial charge in [0, 0.05) is 19.7 Å². The van der Waals surface area contributed by atoms with Gasteiger partial charge in [-0.05, 0) is 19.3 Å². The Kier molecular flexibility index (Phi) is 5.85. The second-order valence-electron chi connectivity index (χ2n) is 3.95. The lowest BCUT2D eigenvalue weighted by Gasteiger charge is -2.10. The van der Waals surface area contributed by atoms with E-state index in [1.165, 1.54) is 0 Å². The number of carbonyl (C=O) groups is 2. The lowest BCUT2D eigenvalue weighted by Crippen LogP contribution is -2.42. The molecule has 5 nitrogen and oxygen atoms in total. The Hall–Kier alpha value is -1.10. The summed E-state index contributed by atoms with van der Waals surface area (Å²) in [6.07, 6.45) is 3.95. The molecule has 0 aromatic heterocycles. The Morgan fingerprint density at radius 1 is 1.31 bits per heavy atom. The number of unbranched alkanes of at least 4 members (excludes halogenated alkanes) is 1. The van der Waals surface area contributed by atoms with Crippen LogP contribution in [0.3, 0.4) is 0 Å². The molecule has 0 aromatic carbocycles. The molecule has 1 atom stereocenters. The van der Waals surface area contributed by atoms with E-state index in [4.69, 9.17) is 4.74 Å². The third-order valence-corrected chi connectivity index (χ3v) is 2.54. The van der Waals surface area contributed by atoms with E-state index in [2.05, 4.69) is 10.6 Å². The fourth-order valence-corrected chi connectivity index (χ4v) is 1.55. The van der Waals surface area contributed by atoms with Gasteiger partial charge in [0.1, 0.15) is 0 Å². The van der Waals surface area contributed by atoms with Crippen LogP contribution in [-0.4, -0.2) is 37.6 Å². The monoisotopic (exact) mass is 228 g/mol. The van der Waals surface area contributed by atoms with Crippen LogP contribution in [0.1, 0.15) is 32.6 Å². The Morgan fingerprint density at radius 3 is 2.69 bits per heavy atom. The van der Waals surface area contributed by atoms with Crippen molar-refractivity contribution in [2.45, 2.75) is 38.7 Å². The number of rotatable bonds is 5. The molecule has 1 saturated heterocycles. The van der Waals surface area contributed by atoms with E-state index in [1.807, 2.05) is 6.92 Å². The van der Waals surface area contributed by atoms with E-state index in [9.17, 15) is 9.59 Å². The number of nitrogens with one attached hydrogen (secondary N) is 2. The summed E-state index contributed by atoms with van der Waals surface area (Å²) in [6.45, 7) is 3.77. The van der Waals surface area contributed by atoms with Crippen molar-refractivity contribution in [3.8, 4) is 0 Å². The van der Waals surface area contributed by atoms with Crippen LogP contribution in [0.2, 0.25) is 0 Å². The summed E-state index contributed by atoms with van der Waals surface area (Å²) in [5.41, 5.74) is 0. The molecular weight excluding hydrogens is 208 g/mol. The van der Waals surface area contributed by atoms with E-state index in [0.717, 1.165) is 32.3 Å². The maximum atomic E-state index is 11.3. The second kappa shape index (κ2) is 7.22. The van der Waals surface area contributed by atoms with Crippen molar-refractivity contribution in [1.82, 2.24) is 10.6 Å². The molecule has 1 unspecified atom stereocenters. The predicted molar refractivity (Wildman–Crippen MR) is 59.9 cm³/mol. The molecule has 0 radical (unpaired) electrons. The summed E-state index contributed by atoms with van der Waals surface area (Å²) in [5.74, 6) is -1.11. The molecule has 2 N–H and O–H groups in total. The minimum absolute atomic E-state index is 0.0763. The summed E-state index contributed by atoms with van der Waals surface area (Å²) >= 11 is 0. The lowest BCUT2D eigenvalue weighted by atomic mass is 10.2. The Labute approximate surface area is 95.9 Å². The molecule has 16 heavy (non-hydrogen) atoms. The highest BCUT2D eigenvalue weighted by Crippen LogP contribution is 2.10. The standard InChI is InChI=1S/C11H20N2O3/c1-2-3-6-12-10(14)11(15)13-8-9-5-4-7-16-9/h9H,2-8H2,1H3,(H,12,14)(H,13,15). The molecule has 0 saturated carbocycles. The maximum Gasteiger partial charge on any atom is 0.309 e. The molecule has 1 aliphatic rings. The van der Waals surface area contributed by atoms with Crippen molar-refractivity contribution in [2.24, 2.45) is 0 Å². The Balaban J connectivity index is 2.10. The number of carbonyl (C=O) groups excluding carboxylic acids is 2. The summed E-state index contributed by atoms with van der Waals surface area (Å²) in [7, 11) is 0. The minimum atomic E-state index is -0.563. The van der Waals surface area contributed by atoms with E-state index >= 15 is 0 Å². The van der Waals surface area contributed by atoms with Crippen molar-refractivity contribution in [3.05, 3.63) is 0 Å². The molecule has 0 spiro atoms. The zero-order chi connectivity index (χ0) is 11.8. The molecule has 0 bridgehead atoms. The van der Waals surface area contributed by atoms with Crippen LogP contribution in [0, 0.1) is 0 Å². The van der Waals surface area contributed by atoms with E-state index < -0.39 is 11.8 Å². The van der Waals surface area contributed by atoms with Gasteiger partial charge in [0.15, 0.2) is 0 Å². The van der Waals surface area contributed by atoms with Gasteiger partial charge in [-0.3, -0.25) is 9.59 Å². The highest BCUT2D eigenvalue weighted by atomic mass is 16.5. The average Bonchev–Trinajstić information content (AvgIpc) is 2.79. The molecule has 1 heterocycles. The van der Waals surface area contributed by atoms with Gasteiger partial charge in [-0.2, -0.15) is 0 Å². The minimum Gasteiger partial charge on any atom is -0.376 e. The highest BCUT2D eigenvalue weighted by molar-refractivity contribution is 6.35. The summed E-state index contributed by atoms with van der Waals surface area (Å²) in [4.78, 5) is 22.6.